The van der Waals surface area contributed by atoms with Gasteiger partial charge in [0.05, 0.1) is 0 Å². The molecule has 1 unspecified atom stereocenters. The molecule has 0 radical (unpaired) electrons. The first kappa shape index (κ1) is 9.86. The van der Waals surface area contributed by atoms with Crippen molar-refractivity contribution in [2.24, 2.45) is 0 Å². The van der Waals surface area contributed by atoms with E-state index >= 15 is 0 Å². The van der Waals surface area contributed by atoms with Gasteiger partial charge in [0.2, 0.25) is 0 Å². The molecule has 72 valence electrons. The SMILES string of the molecule is CCC(CO)c1cc(N)ccc1N. The third kappa shape index (κ3) is 2.12. The van der Waals surface area contributed by atoms with Crippen molar-refractivity contribution in [2.45, 2.75) is 19.3 Å². The molecule has 0 aliphatic heterocycles. The smallest absolute Gasteiger partial charge is 0.0500 e. The predicted molar refractivity (Wildman–Crippen MR) is 55.4 cm³/mol. The van der Waals surface area contributed by atoms with E-state index in [-0.39, 0.29) is 12.5 Å². The van der Waals surface area contributed by atoms with Crippen molar-refractivity contribution in [1.29, 1.82) is 0 Å². The molecule has 3 heteroatoms. The van der Waals surface area contributed by atoms with E-state index < -0.39 is 0 Å². The Morgan fingerprint density at radius 1 is 1.38 bits per heavy atom. The molecule has 0 saturated carbocycles. The summed E-state index contributed by atoms with van der Waals surface area (Å²) in [6.07, 6.45) is 0.865. The van der Waals surface area contributed by atoms with Crippen molar-refractivity contribution in [3.05, 3.63) is 23.8 Å². The normalized spacial score (nSPS) is 12.8. The van der Waals surface area contributed by atoms with Gasteiger partial charge in [0, 0.05) is 23.9 Å². The maximum absolute atomic E-state index is 9.10. The van der Waals surface area contributed by atoms with Gasteiger partial charge in [-0.2, -0.15) is 0 Å². The monoisotopic (exact) mass is 180 g/mol. The Labute approximate surface area is 78.4 Å². The number of nitrogens with two attached hydrogens (primary N) is 2. The van der Waals surface area contributed by atoms with Crippen LogP contribution in [0.1, 0.15) is 24.8 Å². The Hall–Kier alpha value is -1.22. The number of anilines is 2. The number of aliphatic hydroxyl groups is 1. The summed E-state index contributed by atoms with van der Waals surface area (Å²) in [7, 11) is 0. The molecular formula is C10H16N2O. The van der Waals surface area contributed by atoms with Gasteiger partial charge in [0.25, 0.3) is 0 Å². The summed E-state index contributed by atoms with van der Waals surface area (Å²) in [5, 5.41) is 9.10. The molecular weight excluding hydrogens is 164 g/mol. The van der Waals surface area contributed by atoms with Crippen LogP contribution in [0.3, 0.4) is 0 Å². The molecule has 0 saturated heterocycles. The highest BCUT2D eigenvalue weighted by atomic mass is 16.3. The van der Waals surface area contributed by atoms with Gasteiger partial charge >= 0.3 is 0 Å². The summed E-state index contributed by atoms with van der Waals surface area (Å²) in [5.74, 6) is 0.100. The molecule has 0 aliphatic carbocycles. The predicted octanol–water partition coefficient (Wildman–Crippen LogP) is 1.34. The summed E-state index contributed by atoms with van der Waals surface area (Å²) in [6, 6.07) is 5.38. The number of benzene rings is 1. The third-order valence-corrected chi connectivity index (χ3v) is 2.26. The maximum atomic E-state index is 9.10. The molecule has 13 heavy (non-hydrogen) atoms. The van der Waals surface area contributed by atoms with Gasteiger partial charge < -0.3 is 16.6 Å². The van der Waals surface area contributed by atoms with E-state index in [4.69, 9.17) is 16.6 Å². The molecule has 1 atom stereocenters. The van der Waals surface area contributed by atoms with E-state index in [0.717, 1.165) is 12.0 Å². The number of hydrogen-bond acceptors (Lipinski definition) is 3. The van der Waals surface area contributed by atoms with Crippen LogP contribution in [-0.4, -0.2) is 11.7 Å². The molecule has 1 aromatic rings. The number of nitrogen functional groups attached to an aromatic ring is 2. The molecule has 0 fully saturated rings. The third-order valence-electron chi connectivity index (χ3n) is 2.26. The zero-order valence-corrected chi connectivity index (χ0v) is 7.83. The van der Waals surface area contributed by atoms with Crippen LogP contribution in [0.15, 0.2) is 18.2 Å². The van der Waals surface area contributed by atoms with Crippen LogP contribution in [-0.2, 0) is 0 Å². The van der Waals surface area contributed by atoms with Crippen molar-refractivity contribution in [2.75, 3.05) is 18.1 Å². The lowest BCUT2D eigenvalue weighted by atomic mass is 9.95. The number of aliphatic hydroxyl groups excluding tert-OH is 1. The fraction of sp³-hybridized carbons (Fsp3) is 0.400. The molecule has 1 rings (SSSR count). The number of hydrogen-bond donors (Lipinski definition) is 3. The quantitative estimate of drug-likeness (QED) is 0.614. The van der Waals surface area contributed by atoms with Gasteiger partial charge in [-0.05, 0) is 30.2 Å². The van der Waals surface area contributed by atoms with Crippen LogP contribution < -0.4 is 11.5 Å². The highest BCUT2D eigenvalue weighted by molar-refractivity contribution is 5.56. The lowest BCUT2D eigenvalue weighted by Gasteiger charge is -2.14. The summed E-state index contributed by atoms with van der Waals surface area (Å²) in [6.45, 7) is 2.13. The highest BCUT2D eigenvalue weighted by Gasteiger charge is 2.11. The first-order valence-corrected chi connectivity index (χ1v) is 4.44. The van der Waals surface area contributed by atoms with Crippen LogP contribution in [0.2, 0.25) is 0 Å². The summed E-state index contributed by atoms with van der Waals surface area (Å²) in [4.78, 5) is 0. The minimum absolute atomic E-state index is 0.100. The van der Waals surface area contributed by atoms with E-state index in [0.29, 0.717) is 11.4 Å². The second kappa shape index (κ2) is 4.14. The van der Waals surface area contributed by atoms with Crippen molar-refractivity contribution >= 4 is 11.4 Å². The molecule has 0 aromatic heterocycles. The molecule has 0 bridgehead atoms. The lowest BCUT2D eigenvalue weighted by Crippen LogP contribution is -2.06. The fourth-order valence-electron chi connectivity index (χ4n) is 1.39. The summed E-state index contributed by atoms with van der Waals surface area (Å²) < 4.78 is 0. The van der Waals surface area contributed by atoms with Gasteiger partial charge in [-0.3, -0.25) is 0 Å². The molecule has 3 nitrogen and oxygen atoms in total. The van der Waals surface area contributed by atoms with Gasteiger partial charge in [-0.1, -0.05) is 6.92 Å². The average Bonchev–Trinajstić information content (AvgIpc) is 2.13. The minimum Gasteiger partial charge on any atom is -0.399 e. The highest BCUT2D eigenvalue weighted by Crippen LogP contribution is 2.26. The van der Waals surface area contributed by atoms with Crippen molar-refractivity contribution in [1.82, 2.24) is 0 Å². The van der Waals surface area contributed by atoms with Crippen molar-refractivity contribution < 1.29 is 5.11 Å². The zero-order valence-electron chi connectivity index (χ0n) is 7.83. The standard InChI is InChI=1S/C10H16N2O/c1-2-7(6-13)9-5-8(11)3-4-10(9)12/h3-5,7,13H,2,6,11-12H2,1H3. The van der Waals surface area contributed by atoms with E-state index in [1.165, 1.54) is 0 Å². The molecule has 0 spiro atoms. The van der Waals surface area contributed by atoms with Gasteiger partial charge in [0.1, 0.15) is 0 Å². The van der Waals surface area contributed by atoms with E-state index in [1.807, 2.05) is 13.0 Å². The molecule has 1 aromatic carbocycles. The molecule has 5 N–H and O–H groups in total. The van der Waals surface area contributed by atoms with Gasteiger partial charge in [0.15, 0.2) is 0 Å². The minimum atomic E-state index is 0.100. The zero-order chi connectivity index (χ0) is 9.84. The van der Waals surface area contributed by atoms with E-state index in [9.17, 15) is 0 Å². The molecule has 0 aliphatic rings. The van der Waals surface area contributed by atoms with Crippen molar-refractivity contribution in [3.8, 4) is 0 Å². The van der Waals surface area contributed by atoms with Crippen LogP contribution in [0.4, 0.5) is 11.4 Å². The first-order valence-electron chi connectivity index (χ1n) is 4.44. The second-order valence-electron chi connectivity index (χ2n) is 3.18. The van der Waals surface area contributed by atoms with E-state index in [1.54, 1.807) is 12.1 Å². The largest absolute Gasteiger partial charge is 0.399 e. The Kier molecular flexibility index (Phi) is 3.14. The van der Waals surface area contributed by atoms with Crippen LogP contribution >= 0.6 is 0 Å². The molecule has 0 amide bonds. The average molecular weight is 180 g/mol. The molecule has 0 heterocycles. The summed E-state index contributed by atoms with van der Waals surface area (Å²) in [5.41, 5.74) is 13.8. The Bertz CT molecular complexity index is 282. The maximum Gasteiger partial charge on any atom is 0.0500 e. The van der Waals surface area contributed by atoms with Crippen LogP contribution in [0.25, 0.3) is 0 Å². The van der Waals surface area contributed by atoms with Crippen LogP contribution in [0, 0.1) is 0 Å². The summed E-state index contributed by atoms with van der Waals surface area (Å²) >= 11 is 0. The lowest BCUT2D eigenvalue weighted by molar-refractivity contribution is 0.262. The second-order valence-corrected chi connectivity index (χ2v) is 3.18. The van der Waals surface area contributed by atoms with E-state index in [2.05, 4.69) is 0 Å². The Balaban J connectivity index is 3.03. The van der Waals surface area contributed by atoms with Crippen LogP contribution in [0.5, 0.6) is 0 Å². The first-order chi connectivity index (χ1) is 6.19. The van der Waals surface area contributed by atoms with Gasteiger partial charge in [-0.25, -0.2) is 0 Å². The topological polar surface area (TPSA) is 72.3 Å². The Morgan fingerprint density at radius 3 is 2.62 bits per heavy atom. The fourth-order valence-corrected chi connectivity index (χ4v) is 1.39. The number of rotatable bonds is 3. The van der Waals surface area contributed by atoms with Crippen molar-refractivity contribution in [3.63, 3.8) is 0 Å². The Morgan fingerprint density at radius 2 is 2.08 bits per heavy atom. The van der Waals surface area contributed by atoms with Gasteiger partial charge in [-0.15, -0.1) is 0 Å².